The summed E-state index contributed by atoms with van der Waals surface area (Å²) >= 11 is 0. The Morgan fingerprint density at radius 2 is 1.75 bits per heavy atom. The molecule has 0 saturated carbocycles. The van der Waals surface area contributed by atoms with Crippen molar-refractivity contribution in [2.45, 2.75) is 0 Å². The summed E-state index contributed by atoms with van der Waals surface area (Å²) in [7, 11) is 4.04. The van der Waals surface area contributed by atoms with Crippen LogP contribution in [0.5, 0.6) is 0 Å². The number of hydrogen-bond acceptors (Lipinski definition) is 5. The van der Waals surface area contributed by atoms with Crippen molar-refractivity contribution in [3.05, 3.63) is 48.9 Å². The van der Waals surface area contributed by atoms with Crippen molar-refractivity contribution in [2.24, 2.45) is 0 Å². The van der Waals surface area contributed by atoms with Crippen molar-refractivity contribution >= 4 is 28.2 Å². The molecule has 0 bridgehead atoms. The monoisotopic (exact) mass is 265 g/mol. The quantitative estimate of drug-likeness (QED) is 0.789. The smallest absolute Gasteiger partial charge is 0.164 e. The summed E-state index contributed by atoms with van der Waals surface area (Å²) in [5.41, 5.74) is 2.83. The van der Waals surface area contributed by atoms with Crippen molar-refractivity contribution in [2.75, 3.05) is 24.3 Å². The lowest BCUT2D eigenvalue weighted by atomic mass is 10.2. The second-order valence-electron chi connectivity index (χ2n) is 4.66. The van der Waals surface area contributed by atoms with Gasteiger partial charge in [-0.1, -0.05) is 0 Å². The minimum atomic E-state index is 0.690. The number of benzene rings is 1. The van der Waals surface area contributed by atoms with Crippen LogP contribution in [0.4, 0.5) is 17.2 Å². The zero-order chi connectivity index (χ0) is 13.9. The van der Waals surface area contributed by atoms with E-state index in [1.54, 1.807) is 6.20 Å². The highest BCUT2D eigenvalue weighted by Crippen LogP contribution is 2.23. The Bertz CT molecular complexity index is 716. The van der Waals surface area contributed by atoms with Crippen molar-refractivity contribution in [1.82, 2.24) is 15.0 Å². The predicted octanol–water partition coefficient (Wildman–Crippen LogP) is 2.83. The minimum Gasteiger partial charge on any atom is -0.378 e. The lowest BCUT2D eigenvalue weighted by molar-refractivity contribution is 1.13. The molecule has 1 N–H and O–H groups in total. The molecule has 0 aliphatic carbocycles. The Hall–Kier alpha value is -2.69. The Morgan fingerprint density at radius 1 is 0.950 bits per heavy atom. The molecule has 2 aromatic heterocycles. The van der Waals surface area contributed by atoms with E-state index in [1.807, 2.05) is 38.4 Å². The largest absolute Gasteiger partial charge is 0.378 e. The summed E-state index contributed by atoms with van der Waals surface area (Å²) in [6.45, 7) is 0. The van der Waals surface area contributed by atoms with Crippen molar-refractivity contribution in [3.8, 4) is 0 Å². The highest BCUT2D eigenvalue weighted by atomic mass is 15.1. The highest BCUT2D eigenvalue weighted by molar-refractivity contribution is 5.88. The average Bonchev–Trinajstić information content (AvgIpc) is 2.48. The summed E-state index contributed by atoms with van der Waals surface area (Å²) in [4.78, 5) is 14.7. The second-order valence-corrected chi connectivity index (χ2v) is 4.66. The third-order valence-corrected chi connectivity index (χ3v) is 3.06. The van der Waals surface area contributed by atoms with Crippen molar-refractivity contribution < 1.29 is 0 Å². The number of nitrogens with one attached hydrogen (secondary N) is 1. The average molecular weight is 265 g/mol. The molecule has 0 amide bonds. The maximum Gasteiger partial charge on any atom is 0.164 e. The van der Waals surface area contributed by atoms with E-state index < -0.39 is 0 Å². The fraction of sp³-hybridized carbons (Fsp3) is 0.133. The number of fused-ring (bicyclic) bond motifs is 1. The van der Waals surface area contributed by atoms with Gasteiger partial charge in [-0.2, -0.15) is 0 Å². The standard InChI is InChI=1S/C15H15N5/c1-20(2)12-7-5-11(6-8-12)19-15-13-4-3-9-16-14(13)17-10-18-15/h3-10H,1-2H3,(H,16,17,18,19). The van der Waals surface area contributed by atoms with E-state index in [9.17, 15) is 0 Å². The van der Waals surface area contributed by atoms with Gasteiger partial charge in [0.15, 0.2) is 5.65 Å². The molecule has 0 aliphatic rings. The van der Waals surface area contributed by atoms with Gasteiger partial charge in [0.1, 0.15) is 12.1 Å². The van der Waals surface area contributed by atoms with Crippen LogP contribution in [0.3, 0.4) is 0 Å². The molecule has 2 heterocycles. The molecule has 0 aliphatic heterocycles. The zero-order valence-corrected chi connectivity index (χ0v) is 11.4. The lowest BCUT2D eigenvalue weighted by Crippen LogP contribution is -2.08. The van der Waals surface area contributed by atoms with E-state index in [1.165, 1.54) is 6.33 Å². The second kappa shape index (κ2) is 5.13. The van der Waals surface area contributed by atoms with E-state index in [0.29, 0.717) is 5.65 Å². The van der Waals surface area contributed by atoms with Crippen molar-refractivity contribution in [3.63, 3.8) is 0 Å². The molecule has 3 rings (SSSR count). The van der Waals surface area contributed by atoms with Crippen LogP contribution in [0.2, 0.25) is 0 Å². The lowest BCUT2D eigenvalue weighted by Gasteiger charge is -2.13. The van der Waals surface area contributed by atoms with Crippen LogP contribution in [-0.4, -0.2) is 29.0 Å². The first-order valence-corrected chi connectivity index (χ1v) is 6.34. The summed E-state index contributed by atoms with van der Waals surface area (Å²) in [5, 5.41) is 4.21. The minimum absolute atomic E-state index is 0.690. The molecule has 0 atom stereocenters. The van der Waals surface area contributed by atoms with E-state index in [2.05, 4.69) is 37.3 Å². The Kier molecular flexibility index (Phi) is 3.16. The summed E-state index contributed by atoms with van der Waals surface area (Å²) in [5.74, 6) is 0.765. The SMILES string of the molecule is CN(C)c1ccc(Nc2ncnc3ncccc23)cc1. The molecular weight excluding hydrogens is 250 g/mol. The molecule has 1 aromatic carbocycles. The first kappa shape index (κ1) is 12.3. The Labute approximate surface area is 117 Å². The van der Waals surface area contributed by atoms with E-state index >= 15 is 0 Å². The maximum absolute atomic E-state index is 4.29. The predicted molar refractivity (Wildman–Crippen MR) is 81.4 cm³/mol. The van der Waals surface area contributed by atoms with Crippen LogP contribution in [0.1, 0.15) is 0 Å². The number of aromatic nitrogens is 3. The van der Waals surface area contributed by atoms with Crippen LogP contribution < -0.4 is 10.2 Å². The van der Waals surface area contributed by atoms with E-state index in [-0.39, 0.29) is 0 Å². The molecule has 100 valence electrons. The van der Waals surface area contributed by atoms with E-state index in [4.69, 9.17) is 0 Å². The van der Waals surface area contributed by atoms with Gasteiger partial charge < -0.3 is 10.2 Å². The number of nitrogens with zero attached hydrogens (tertiary/aromatic N) is 4. The van der Waals surface area contributed by atoms with Gasteiger partial charge >= 0.3 is 0 Å². The van der Waals surface area contributed by atoms with Gasteiger partial charge in [-0.15, -0.1) is 0 Å². The van der Waals surface area contributed by atoms with Gasteiger partial charge in [-0.3, -0.25) is 0 Å². The highest BCUT2D eigenvalue weighted by Gasteiger charge is 2.04. The first-order chi connectivity index (χ1) is 9.74. The Balaban J connectivity index is 1.93. The maximum atomic E-state index is 4.29. The molecule has 0 radical (unpaired) electrons. The summed E-state index contributed by atoms with van der Waals surface area (Å²) in [6.07, 6.45) is 3.25. The van der Waals surface area contributed by atoms with Gasteiger partial charge in [-0.25, -0.2) is 15.0 Å². The number of hydrogen-bond donors (Lipinski definition) is 1. The molecule has 0 unspecified atom stereocenters. The molecule has 20 heavy (non-hydrogen) atoms. The van der Waals surface area contributed by atoms with Crippen LogP contribution in [0.25, 0.3) is 11.0 Å². The fourth-order valence-corrected chi connectivity index (χ4v) is 1.97. The number of rotatable bonds is 3. The molecular formula is C15H15N5. The topological polar surface area (TPSA) is 53.9 Å². The molecule has 0 fully saturated rings. The van der Waals surface area contributed by atoms with Crippen LogP contribution in [0.15, 0.2) is 48.9 Å². The first-order valence-electron chi connectivity index (χ1n) is 6.34. The fourth-order valence-electron chi connectivity index (χ4n) is 1.97. The third-order valence-electron chi connectivity index (χ3n) is 3.06. The zero-order valence-electron chi connectivity index (χ0n) is 11.4. The van der Waals surface area contributed by atoms with Crippen LogP contribution >= 0.6 is 0 Å². The van der Waals surface area contributed by atoms with Crippen LogP contribution in [0, 0.1) is 0 Å². The molecule has 5 heteroatoms. The number of pyridine rings is 1. The summed E-state index contributed by atoms with van der Waals surface area (Å²) < 4.78 is 0. The number of anilines is 3. The Morgan fingerprint density at radius 3 is 2.50 bits per heavy atom. The molecule has 0 spiro atoms. The normalized spacial score (nSPS) is 10.5. The summed E-state index contributed by atoms with van der Waals surface area (Å²) in [6, 6.07) is 12.0. The molecule has 5 nitrogen and oxygen atoms in total. The van der Waals surface area contributed by atoms with Crippen LogP contribution in [-0.2, 0) is 0 Å². The van der Waals surface area contributed by atoms with Gasteiger partial charge in [-0.05, 0) is 36.4 Å². The van der Waals surface area contributed by atoms with Crippen molar-refractivity contribution in [1.29, 1.82) is 0 Å². The molecule has 0 saturated heterocycles. The third kappa shape index (κ3) is 2.38. The van der Waals surface area contributed by atoms with Gasteiger partial charge in [0.25, 0.3) is 0 Å². The van der Waals surface area contributed by atoms with Gasteiger partial charge in [0.2, 0.25) is 0 Å². The van der Waals surface area contributed by atoms with Gasteiger partial charge in [0, 0.05) is 31.7 Å². The molecule has 3 aromatic rings. The van der Waals surface area contributed by atoms with E-state index in [0.717, 1.165) is 22.6 Å². The van der Waals surface area contributed by atoms with Gasteiger partial charge in [0.05, 0.1) is 5.39 Å².